The Labute approximate surface area is 160 Å². The Bertz CT molecular complexity index is 730. The highest BCUT2D eigenvalue weighted by Gasteiger charge is 2.12. The van der Waals surface area contributed by atoms with E-state index >= 15 is 0 Å². The Morgan fingerprint density at radius 2 is 1.59 bits per heavy atom. The number of amides is 1. The van der Waals surface area contributed by atoms with E-state index in [9.17, 15) is 4.79 Å². The summed E-state index contributed by atoms with van der Waals surface area (Å²) < 4.78 is 21.3. The summed E-state index contributed by atoms with van der Waals surface area (Å²) in [6, 6.07) is 12.9. The van der Waals surface area contributed by atoms with Crippen molar-refractivity contribution in [2.24, 2.45) is 0 Å². The van der Waals surface area contributed by atoms with Crippen LogP contribution < -0.4 is 24.3 Å². The zero-order valence-corrected chi connectivity index (χ0v) is 16.3. The number of rotatable bonds is 10. The standard InChI is InChI=1S/C21H27NO5/c1-15(16-7-12-19(25-3)20(14-16)26-4)22-21(23)6-5-13-27-18-10-8-17(24-2)9-11-18/h7-12,14-15H,5-6,13H2,1-4H3,(H,22,23)/t15-/m0/s1. The van der Waals surface area contributed by atoms with Crippen molar-refractivity contribution in [1.29, 1.82) is 0 Å². The molecule has 0 aliphatic rings. The maximum atomic E-state index is 12.2. The number of benzene rings is 2. The third-order valence-corrected chi connectivity index (χ3v) is 4.16. The number of carbonyl (C=O) groups is 1. The summed E-state index contributed by atoms with van der Waals surface area (Å²) in [5.74, 6) is 2.83. The Kier molecular flexibility index (Phi) is 7.79. The monoisotopic (exact) mass is 373 g/mol. The van der Waals surface area contributed by atoms with Crippen LogP contribution in [0.5, 0.6) is 23.0 Å². The molecule has 1 N–H and O–H groups in total. The van der Waals surface area contributed by atoms with Crippen molar-refractivity contribution in [3.8, 4) is 23.0 Å². The van der Waals surface area contributed by atoms with E-state index in [1.807, 2.05) is 49.4 Å². The topological polar surface area (TPSA) is 66.0 Å². The molecule has 0 saturated heterocycles. The highest BCUT2D eigenvalue weighted by atomic mass is 16.5. The lowest BCUT2D eigenvalue weighted by Gasteiger charge is -2.16. The lowest BCUT2D eigenvalue weighted by atomic mass is 10.1. The van der Waals surface area contributed by atoms with Crippen molar-refractivity contribution in [3.05, 3.63) is 48.0 Å². The molecule has 0 fully saturated rings. The van der Waals surface area contributed by atoms with E-state index < -0.39 is 0 Å². The Hall–Kier alpha value is -2.89. The van der Waals surface area contributed by atoms with Crippen LogP contribution in [0.15, 0.2) is 42.5 Å². The van der Waals surface area contributed by atoms with Gasteiger partial charge in [-0.2, -0.15) is 0 Å². The zero-order chi connectivity index (χ0) is 19.6. The van der Waals surface area contributed by atoms with E-state index in [0.717, 1.165) is 17.1 Å². The lowest BCUT2D eigenvalue weighted by molar-refractivity contribution is -0.121. The highest BCUT2D eigenvalue weighted by molar-refractivity contribution is 5.76. The summed E-state index contributed by atoms with van der Waals surface area (Å²) in [6.45, 7) is 2.41. The van der Waals surface area contributed by atoms with Gasteiger partial charge in [0.15, 0.2) is 11.5 Å². The van der Waals surface area contributed by atoms with E-state index in [4.69, 9.17) is 18.9 Å². The van der Waals surface area contributed by atoms with Crippen molar-refractivity contribution in [2.45, 2.75) is 25.8 Å². The smallest absolute Gasteiger partial charge is 0.220 e. The van der Waals surface area contributed by atoms with Crippen molar-refractivity contribution >= 4 is 5.91 Å². The van der Waals surface area contributed by atoms with Gasteiger partial charge in [0.1, 0.15) is 11.5 Å². The minimum Gasteiger partial charge on any atom is -0.497 e. The molecule has 2 aromatic rings. The van der Waals surface area contributed by atoms with Crippen LogP contribution in [0.3, 0.4) is 0 Å². The fraction of sp³-hybridized carbons (Fsp3) is 0.381. The van der Waals surface area contributed by atoms with Gasteiger partial charge in [0.25, 0.3) is 0 Å². The van der Waals surface area contributed by atoms with Crippen molar-refractivity contribution in [3.63, 3.8) is 0 Å². The third kappa shape index (κ3) is 6.09. The van der Waals surface area contributed by atoms with Crippen LogP contribution in [0.2, 0.25) is 0 Å². The van der Waals surface area contributed by atoms with Gasteiger partial charge in [-0.05, 0) is 55.3 Å². The van der Waals surface area contributed by atoms with E-state index in [0.29, 0.717) is 30.9 Å². The van der Waals surface area contributed by atoms with E-state index in [2.05, 4.69) is 5.32 Å². The molecule has 0 aromatic heterocycles. The van der Waals surface area contributed by atoms with Gasteiger partial charge in [-0.1, -0.05) is 6.07 Å². The normalized spacial score (nSPS) is 11.4. The fourth-order valence-corrected chi connectivity index (χ4v) is 2.61. The SMILES string of the molecule is COc1ccc(OCCCC(=O)N[C@@H](C)c2ccc(OC)c(OC)c2)cc1. The molecule has 1 atom stereocenters. The molecule has 0 aliphatic heterocycles. The third-order valence-electron chi connectivity index (χ3n) is 4.16. The van der Waals surface area contributed by atoms with Crippen molar-refractivity contribution in [1.82, 2.24) is 5.32 Å². The fourth-order valence-electron chi connectivity index (χ4n) is 2.61. The number of ether oxygens (including phenoxy) is 4. The van der Waals surface area contributed by atoms with Crippen molar-refractivity contribution in [2.75, 3.05) is 27.9 Å². The van der Waals surface area contributed by atoms with E-state index in [1.165, 1.54) is 0 Å². The molecule has 0 spiro atoms. The van der Waals surface area contributed by atoms with Gasteiger partial charge in [-0.25, -0.2) is 0 Å². The second-order valence-electron chi connectivity index (χ2n) is 6.03. The summed E-state index contributed by atoms with van der Waals surface area (Å²) in [5, 5.41) is 2.99. The van der Waals surface area contributed by atoms with E-state index in [-0.39, 0.29) is 11.9 Å². The number of methoxy groups -OCH3 is 3. The van der Waals surface area contributed by atoms with Gasteiger partial charge >= 0.3 is 0 Å². The molecule has 6 nitrogen and oxygen atoms in total. The van der Waals surface area contributed by atoms with Crippen LogP contribution in [-0.4, -0.2) is 33.8 Å². The zero-order valence-electron chi connectivity index (χ0n) is 16.3. The van der Waals surface area contributed by atoms with Gasteiger partial charge in [0, 0.05) is 6.42 Å². The van der Waals surface area contributed by atoms with Crippen LogP contribution in [0.1, 0.15) is 31.4 Å². The van der Waals surface area contributed by atoms with Crippen LogP contribution in [0.4, 0.5) is 0 Å². The summed E-state index contributed by atoms with van der Waals surface area (Å²) in [4.78, 5) is 12.2. The largest absolute Gasteiger partial charge is 0.497 e. The summed E-state index contributed by atoms with van der Waals surface area (Å²) in [7, 11) is 4.81. The van der Waals surface area contributed by atoms with Gasteiger partial charge in [0.2, 0.25) is 5.91 Å². The minimum atomic E-state index is -0.125. The lowest BCUT2D eigenvalue weighted by Crippen LogP contribution is -2.26. The first-order valence-electron chi connectivity index (χ1n) is 8.85. The average Bonchev–Trinajstić information content (AvgIpc) is 2.71. The minimum absolute atomic E-state index is 0.0179. The van der Waals surface area contributed by atoms with Crippen molar-refractivity contribution < 1.29 is 23.7 Å². The molecular formula is C21H27NO5. The second-order valence-corrected chi connectivity index (χ2v) is 6.03. The van der Waals surface area contributed by atoms with E-state index in [1.54, 1.807) is 21.3 Å². The first kappa shape index (κ1) is 20.4. The summed E-state index contributed by atoms with van der Waals surface area (Å²) in [6.07, 6.45) is 1.03. The molecule has 0 radical (unpaired) electrons. The first-order valence-corrected chi connectivity index (χ1v) is 8.85. The molecule has 1 amide bonds. The Morgan fingerprint density at radius 3 is 2.22 bits per heavy atom. The number of hydrogen-bond donors (Lipinski definition) is 1. The average molecular weight is 373 g/mol. The molecule has 0 aliphatic carbocycles. The summed E-state index contributed by atoms with van der Waals surface area (Å²) in [5.41, 5.74) is 0.954. The molecule has 0 heterocycles. The van der Waals surface area contributed by atoms with Crippen LogP contribution in [0, 0.1) is 0 Å². The molecule has 0 unspecified atom stereocenters. The number of hydrogen-bond acceptors (Lipinski definition) is 5. The predicted molar refractivity (Wildman–Crippen MR) is 104 cm³/mol. The second kappa shape index (κ2) is 10.3. The molecule has 2 aromatic carbocycles. The molecule has 27 heavy (non-hydrogen) atoms. The van der Waals surface area contributed by atoms with Gasteiger partial charge < -0.3 is 24.3 Å². The molecular weight excluding hydrogens is 346 g/mol. The van der Waals surface area contributed by atoms with Gasteiger partial charge in [-0.3, -0.25) is 4.79 Å². The predicted octanol–water partition coefficient (Wildman–Crippen LogP) is 3.75. The first-order chi connectivity index (χ1) is 13.1. The maximum Gasteiger partial charge on any atom is 0.220 e. The molecule has 146 valence electrons. The molecule has 0 bridgehead atoms. The quantitative estimate of drug-likeness (QED) is 0.643. The van der Waals surface area contributed by atoms with Gasteiger partial charge in [0.05, 0.1) is 34.0 Å². The number of carbonyl (C=O) groups excluding carboxylic acids is 1. The maximum absolute atomic E-state index is 12.2. The molecule has 0 saturated carbocycles. The Morgan fingerprint density at radius 1 is 0.926 bits per heavy atom. The summed E-state index contributed by atoms with van der Waals surface area (Å²) >= 11 is 0. The molecule has 2 rings (SSSR count). The molecule has 6 heteroatoms. The van der Waals surface area contributed by atoms with Crippen LogP contribution in [-0.2, 0) is 4.79 Å². The number of nitrogens with one attached hydrogen (secondary N) is 1. The highest BCUT2D eigenvalue weighted by Crippen LogP contribution is 2.29. The van der Waals surface area contributed by atoms with Crippen LogP contribution >= 0.6 is 0 Å². The van der Waals surface area contributed by atoms with Gasteiger partial charge in [-0.15, -0.1) is 0 Å². The van der Waals surface area contributed by atoms with Crippen LogP contribution in [0.25, 0.3) is 0 Å². The Balaban J connectivity index is 1.76.